The number of hydrogen-bond acceptors (Lipinski definition) is 2. The zero-order chi connectivity index (χ0) is 18.4. The number of benzene rings is 2. The van der Waals surface area contributed by atoms with Crippen molar-refractivity contribution in [1.82, 2.24) is 0 Å². The van der Waals surface area contributed by atoms with Crippen molar-refractivity contribution in [2.45, 2.75) is 38.0 Å². The van der Waals surface area contributed by atoms with Crippen LogP contribution in [-0.2, 0) is 0 Å². The fraction of sp³-hybridized carbons (Fsp3) is 0.304. The molecule has 1 heterocycles. The second-order valence-electron chi connectivity index (χ2n) is 6.69. The van der Waals surface area contributed by atoms with Crippen molar-refractivity contribution < 1.29 is 9.15 Å². The molecule has 0 saturated heterocycles. The van der Waals surface area contributed by atoms with Crippen molar-refractivity contribution in [3.05, 3.63) is 88.8 Å². The molecule has 26 heavy (non-hydrogen) atoms. The molecule has 1 aromatic heterocycles. The van der Waals surface area contributed by atoms with Crippen molar-refractivity contribution >= 4 is 11.6 Å². The highest BCUT2D eigenvalue weighted by atomic mass is 35.5. The number of para-hydroxylation sites is 1. The zero-order valence-electron chi connectivity index (χ0n) is 15.3. The van der Waals surface area contributed by atoms with Gasteiger partial charge in [0.05, 0.1) is 13.4 Å². The third kappa shape index (κ3) is 4.50. The summed E-state index contributed by atoms with van der Waals surface area (Å²) in [5.41, 5.74) is 2.52. The van der Waals surface area contributed by atoms with Gasteiger partial charge in [-0.15, -0.1) is 0 Å². The molecule has 0 bridgehead atoms. The Morgan fingerprint density at radius 1 is 0.962 bits per heavy atom. The molecule has 3 aromatic rings. The summed E-state index contributed by atoms with van der Waals surface area (Å²) < 4.78 is 11.3. The van der Waals surface area contributed by atoms with Gasteiger partial charge in [-0.3, -0.25) is 0 Å². The highest BCUT2D eigenvalue weighted by Crippen LogP contribution is 2.36. The monoisotopic (exact) mass is 368 g/mol. The summed E-state index contributed by atoms with van der Waals surface area (Å²) in [4.78, 5) is 0. The molecule has 0 aliphatic rings. The van der Waals surface area contributed by atoms with Crippen molar-refractivity contribution in [3.8, 4) is 5.75 Å². The van der Waals surface area contributed by atoms with Crippen LogP contribution in [-0.4, -0.2) is 7.11 Å². The number of hydrogen-bond donors (Lipinski definition) is 0. The summed E-state index contributed by atoms with van der Waals surface area (Å²) in [6.45, 7) is 2.27. The summed E-state index contributed by atoms with van der Waals surface area (Å²) in [6.07, 6.45) is 4.99. The van der Waals surface area contributed by atoms with Crippen LogP contribution in [0.15, 0.2) is 71.3 Å². The second-order valence-corrected chi connectivity index (χ2v) is 7.13. The van der Waals surface area contributed by atoms with Gasteiger partial charge < -0.3 is 9.15 Å². The minimum atomic E-state index is 0.207. The van der Waals surface area contributed by atoms with Crippen LogP contribution < -0.4 is 4.74 Å². The van der Waals surface area contributed by atoms with Gasteiger partial charge in [0.25, 0.3) is 0 Å². The zero-order valence-corrected chi connectivity index (χ0v) is 16.1. The first kappa shape index (κ1) is 18.6. The van der Waals surface area contributed by atoms with E-state index in [1.165, 1.54) is 11.1 Å². The van der Waals surface area contributed by atoms with Gasteiger partial charge in [0, 0.05) is 16.5 Å². The summed E-state index contributed by atoms with van der Waals surface area (Å²) >= 11 is 5.99. The minimum Gasteiger partial charge on any atom is -0.496 e. The lowest BCUT2D eigenvalue weighted by Gasteiger charge is -2.19. The largest absolute Gasteiger partial charge is 0.496 e. The standard InChI is InChI=1S/C23H25ClO2/c1-17(18-12-14-19(24)15-13-18)7-5-9-21(23-11-6-16-26-23)20-8-3-4-10-22(20)25-2/h3-4,6,8,10-17,21H,5,7,9H2,1-2H3. The van der Waals surface area contributed by atoms with Crippen molar-refractivity contribution in [1.29, 1.82) is 0 Å². The number of ether oxygens (including phenoxy) is 1. The molecule has 0 spiro atoms. The summed E-state index contributed by atoms with van der Waals surface area (Å²) in [5.74, 6) is 2.62. The lowest BCUT2D eigenvalue weighted by molar-refractivity contribution is 0.397. The smallest absolute Gasteiger partial charge is 0.122 e. The Hall–Kier alpha value is -2.19. The molecular formula is C23H25ClO2. The van der Waals surface area contributed by atoms with Gasteiger partial charge in [-0.1, -0.05) is 55.3 Å². The van der Waals surface area contributed by atoms with Crippen LogP contribution in [0.2, 0.25) is 5.02 Å². The lowest BCUT2D eigenvalue weighted by atomic mass is 9.88. The molecule has 0 aliphatic carbocycles. The first-order valence-corrected chi connectivity index (χ1v) is 9.48. The Balaban J connectivity index is 1.70. The molecule has 3 heteroatoms. The molecule has 3 rings (SSSR count). The maximum Gasteiger partial charge on any atom is 0.122 e. The molecule has 2 nitrogen and oxygen atoms in total. The third-order valence-electron chi connectivity index (χ3n) is 4.97. The van der Waals surface area contributed by atoms with Crippen LogP contribution >= 0.6 is 11.6 Å². The van der Waals surface area contributed by atoms with E-state index >= 15 is 0 Å². The fourth-order valence-electron chi connectivity index (χ4n) is 3.48. The van der Waals surface area contributed by atoms with Crippen LogP contribution in [0.1, 0.15) is 54.9 Å². The van der Waals surface area contributed by atoms with Gasteiger partial charge in [-0.05, 0) is 54.7 Å². The van der Waals surface area contributed by atoms with Crippen LogP contribution in [0.4, 0.5) is 0 Å². The SMILES string of the molecule is COc1ccccc1C(CCCC(C)c1ccc(Cl)cc1)c1ccco1. The molecule has 0 saturated carbocycles. The Bertz CT molecular complexity index is 793. The lowest BCUT2D eigenvalue weighted by Crippen LogP contribution is -2.04. The van der Waals surface area contributed by atoms with Crippen LogP contribution in [0.3, 0.4) is 0 Å². The Morgan fingerprint density at radius 2 is 1.73 bits per heavy atom. The fourth-order valence-corrected chi connectivity index (χ4v) is 3.61. The number of methoxy groups -OCH3 is 1. The average Bonchev–Trinajstić information content (AvgIpc) is 3.20. The quantitative estimate of drug-likeness (QED) is 0.425. The van der Waals surface area contributed by atoms with Gasteiger partial charge in [-0.2, -0.15) is 0 Å². The molecule has 0 amide bonds. The van der Waals surface area contributed by atoms with E-state index in [1.54, 1.807) is 13.4 Å². The Kier molecular flexibility index (Phi) is 6.40. The van der Waals surface area contributed by atoms with E-state index in [0.717, 1.165) is 35.8 Å². The molecule has 2 aromatic carbocycles. The number of furan rings is 1. The van der Waals surface area contributed by atoms with Crippen LogP contribution in [0.25, 0.3) is 0 Å². The van der Waals surface area contributed by atoms with E-state index in [2.05, 4.69) is 37.3 Å². The molecule has 136 valence electrons. The first-order valence-electron chi connectivity index (χ1n) is 9.11. The molecule has 0 fully saturated rings. The van der Waals surface area contributed by atoms with E-state index in [4.69, 9.17) is 20.8 Å². The Morgan fingerprint density at radius 3 is 2.42 bits per heavy atom. The highest BCUT2D eigenvalue weighted by molar-refractivity contribution is 6.30. The van der Waals surface area contributed by atoms with Crippen molar-refractivity contribution in [2.24, 2.45) is 0 Å². The molecule has 2 unspecified atom stereocenters. The maximum absolute atomic E-state index is 5.99. The summed E-state index contributed by atoms with van der Waals surface area (Å²) in [6, 6.07) is 20.4. The van der Waals surface area contributed by atoms with Gasteiger partial charge in [-0.25, -0.2) is 0 Å². The topological polar surface area (TPSA) is 22.4 Å². The van der Waals surface area contributed by atoms with Crippen molar-refractivity contribution in [2.75, 3.05) is 7.11 Å². The predicted molar refractivity (Wildman–Crippen MR) is 107 cm³/mol. The molecular weight excluding hydrogens is 344 g/mol. The molecule has 0 aliphatic heterocycles. The van der Waals surface area contributed by atoms with Crippen LogP contribution in [0, 0.1) is 0 Å². The van der Waals surface area contributed by atoms with E-state index < -0.39 is 0 Å². The number of rotatable bonds is 8. The maximum atomic E-state index is 5.99. The van der Waals surface area contributed by atoms with Gasteiger partial charge in [0.1, 0.15) is 11.5 Å². The Labute approximate surface area is 160 Å². The number of halogens is 1. The van der Waals surface area contributed by atoms with Gasteiger partial charge in [0.2, 0.25) is 0 Å². The molecule has 0 radical (unpaired) electrons. The predicted octanol–water partition coefficient (Wildman–Crippen LogP) is 7.05. The summed E-state index contributed by atoms with van der Waals surface area (Å²) in [5, 5.41) is 0.787. The van der Waals surface area contributed by atoms with Gasteiger partial charge >= 0.3 is 0 Å². The van der Waals surface area contributed by atoms with Gasteiger partial charge in [0.15, 0.2) is 0 Å². The van der Waals surface area contributed by atoms with E-state index in [1.807, 2.05) is 30.3 Å². The summed E-state index contributed by atoms with van der Waals surface area (Å²) in [7, 11) is 1.72. The van der Waals surface area contributed by atoms with Crippen molar-refractivity contribution in [3.63, 3.8) is 0 Å². The second kappa shape index (κ2) is 8.95. The third-order valence-corrected chi connectivity index (χ3v) is 5.22. The van der Waals surface area contributed by atoms with Crippen LogP contribution in [0.5, 0.6) is 5.75 Å². The average molecular weight is 369 g/mol. The van der Waals surface area contributed by atoms with E-state index in [9.17, 15) is 0 Å². The first-order chi connectivity index (χ1) is 12.7. The highest BCUT2D eigenvalue weighted by Gasteiger charge is 2.20. The van der Waals surface area contributed by atoms with E-state index in [0.29, 0.717) is 5.92 Å². The normalized spacial score (nSPS) is 13.3. The minimum absolute atomic E-state index is 0.207. The molecule has 0 N–H and O–H groups in total. The molecule has 2 atom stereocenters. The van der Waals surface area contributed by atoms with E-state index in [-0.39, 0.29) is 5.92 Å².